The Balaban J connectivity index is 1.72. The van der Waals surface area contributed by atoms with E-state index in [4.69, 9.17) is 5.73 Å². The molecule has 2 aliphatic rings. The Kier molecular flexibility index (Phi) is 4.31. The molecule has 0 aromatic rings. The minimum absolute atomic E-state index is 0.246. The minimum Gasteiger partial charge on any atom is -0.355 e. The highest BCUT2D eigenvalue weighted by atomic mass is 16.1. The molecule has 0 heterocycles. The standard InChI is InChI=1S/C15H28N2O/c1-11(2)15(7-8-15)10-17-14(18)13-5-3-12(9-16)4-6-13/h11-13H,3-10,16H2,1-2H3,(H,17,18). The third kappa shape index (κ3) is 3.05. The number of nitrogens with two attached hydrogens (primary N) is 1. The smallest absolute Gasteiger partial charge is 0.223 e. The summed E-state index contributed by atoms with van der Waals surface area (Å²) in [6, 6.07) is 0. The molecular formula is C15H28N2O. The number of carbonyl (C=O) groups is 1. The first-order valence-corrected chi connectivity index (χ1v) is 7.55. The van der Waals surface area contributed by atoms with Gasteiger partial charge in [0.05, 0.1) is 0 Å². The molecule has 104 valence electrons. The molecule has 2 rings (SSSR count). The monoisotopic (exact) mass is 252 g/mol. The average molecular weight is 252 g/mol. The molecule has 0 bridgehead atoms. The Hall–Kier alpha value is -0.570. The Bertz CT molecular complexity index is 289. The molecule has 2 aliphatic carbocycles. The van der Waals surface area contributed by atoms with Crippen molar-refractivity contribution >= 4 is 5.91 Å². The highest BCUT2D eigenvalue weighted by molar-refractivity contribution is 5.78. The summed E-state index contributed by atoms with van der Waals surface area (Å²) in [6.45, 7) is 6.21. The lowest BCUT2D eigenvalue weighted by atomic mass is 9.81. The van der Waals surface area contributed by atoms with Crippen LogP contribution in [0.5, 0.6) is 0 Å². The first-order valence-electron chi connectivity index (χ1n) is 7.55. The van der Waals surface area contributed by atoms with Crippen LogP contribution in [0.4, 0.5) is 0 Å². The van der Waals surface area contributed by atoms with Gasteiger partial charge in [0.15, 0.2) is 0 Å². The van der Waals surface area contributed by atoms with Gasteiger partial charge in [-0.3, -0.25) is 4.79 Å². The maximum Gasteiger partial charge on any atom is 0.223 e. The molecule has 0 atom stereocenters. The van der Waals surface area contributed by atoms with Crippen LogP contribution in [-0.4, -0.2) is 19.0 Å². The summed E-state index contributed by atoms with van der Waals surface area (Å²) in [4.78, 5) is 12.1. The quantitative estimate of drug-likeness (QED) is 0.789. The molecule has 2 saturated carbocycles. The zero-order chi connectivity index (χ0) is 13.2. The number of carbonyl (C=O) groups excluding carboxylic acids is 1. The van der Waals surface area contributed by atoms with E-state index in [2.05, 4.69) is 19.2 Å². The van der Waals surface area contributed by atoms with Crippen LogP contribution < -0.4 is 11.1 Å². The van der Waals surface area contributed by atoms with E-state index in [1.165, 1.54) is 12.8 Å². The topological polar surface area (TPSA) is 55.1 Å². The van der Waals surface area contributed by atoms with Crippen molar-refractivity contribution in [3.63, 3.8) is 0 Å². The fourth-order valence-electron chi connectivity index (χ4n) is 3.19. The van der Waals surface area contributed by atoms with Crippen molar-refractivity contribution in [1.29, 1.82) is 0 Å². The van der Waals surface area contributed by atoms with Gasteiger partial charge in [-0.2, -0.15) is 0 Å². The largest absolute Gasteiger partial charge is 0.355 e. The van der Waals surface area contributed by atoms with E-state index >= 15 is 0 Å². The normalized spacial score (nSPS) is 30.2. The van der Waals surface area contributed by atoms with Gasteiger partial charge in [0, 0.05) is 12.5 Å². The van der Waals surface area contributed by atoms with Gasteiger partial charge >= 0.3 is 0 Å². The predicted octanol–water partition coefficient (Wildman–Crippen LogP) is 2.30. The Morgan fingerprint density at radius 2 is 1.89 bits per heavy atom. The molecule has 0 aromatic carbocycles. The van der Waals surface area contributed by atoms with Crippen LogP contribution in [0.2, 0.25) is 0 Å². The second-order valence-electron chi connectivity index (χ2n) is 6.69. The number of amides is 1. The molecule has 18 heavy (non-hydrogen) atoms. The van der Waals surface area contributed by atoms with Crippen molar-refractivity contribution in [1.82, 2.24) is 5.32 Å². The van der Waals surface area contributed by atoms with Crippen LogP contribution in [0.15, 0.2) is 0 Å². The molecular weight excluding hydrogens is 224 g/mol. The zero-order valence-corrected chi connectivity index (χ0v) is 11.9. The van der Waals surface area contributed by atoms with Crippen molar-refractivity contribution in [2.75, 3.05) is 13.1 Å². The lowest BCUT2D eigenvalue weighted by Crippen LogP contribution is -2.38. The average Bonchev–Trinajstić information content (AvgIpc) is 3.17. The minimum atomic E-state index is 0.246. The molecule has 0 radical (unpaired) electrons. The zero-order valence-electron chi connectivity index (χ0n) is 11.9. The number of rotatable bonds is 5. The second-order valence-corrected chi connectivity index (χ2v) is 6.69. The van der Waals surface area contributed by atoms with Crippen molar-refractivity contribution in [3.05, 3.63) is 0 Å². The summed E-state index contributed by atoms with van der Waals surface area (Å²) in [5.74, 6) is 1.87. The van der Waals surface area contributed by atoms with E-state index in [0.29, 0.717) is 17.3 Å². The molecule has 0 saturated heterocycles. The van der Waals surface area contributed by atoms with E-state index in [1.807, 2.05) is 0 Å². The van der Waals surface area contributed by atoms with E-state index in [-0.39, 0.29) is 11.8 Å². The highest BCUT2D eigenvalue weighted by Gasteiger charge is 2.45. The van der Waals surface area contributed by atoms with Crippen LogP contribution in [0.3, 0.4) is 0 Å². The Labute approximate surface area is 111 Å². The number of hydrogen-bond acceptors (Lipinski definition) is 2. The first kappa shape index (κ1) is 13.9. The molecule has 3 N–H and O–H groups in total. The number of nitrogens with one attached hydrogen (secondary N) is 1. The molecule has 0 aliphatic heterocycles. The van der Waals surface area contributed by atoms with Crippen molar-refractivity contribution < 1.29 is 4.79 Å². The summed E-state index contributed by atoms with van der Waals surface area (Å²) >= 11 is 0. The summed E-state index contributed by atoms with van der Waals surface area (Å²) in [6.07, 6.45) is 6.88. The van der Waals surface area contributed by atoms with Gasteiger partial charge < -0.3 is 11.1 Å². The van der Waals surface area contributed by atoms with Gasteiger partial charge in [0.25, 0.3) is 0 Å². The van der Waals surface area contributed by atoms with Gasteiger partial charge in [-0.1, -0.05) is 13.8 Å². The predicted molar refractivity (Wildman–Crippen MR) is 74.0 cm³/mol. The second kappa shape index (κ2) is 5.60. The summed E-state index contributed by atoms with van der Waals surface area (Å²) in [5, 5.41) is 3.20. The van der Waals surface area contributed by atoms with Crippen LogP contribution in [0, 0.1) is 23.2 Å². The van der Waals surface area contributed by atoms with E-state index in [0.717, 1.165) is 38.8 Å². The summed E-state index contributed by atoms with van der Waals surface area (Å²) < 4.78 is 0. The Morgan fingerprint density at radius 1 is 1.28 bits per heavy atom. The maximum atomic E-state index is 12.1. The highest BCUT2D eigenvalue weighted by Crippen LogP contribution is 2.51. The fraction of sp³-hybridized carbons (Fsp3) is 0.933. The van der Waals surface area contributed by atoms with Crippen molar-refractivity contribution in [2.45, 2.75) is 52.4 Å². The van der Waals surface area contributed by atoms with Crippen LogP contribution >= 0.6 is 0 Å². The molecule has 3 nitrogen and oxygen atoms in total. The fourth-order valence-corrected chi connectivity index (χ4v) is 3.19. The lowest BCUT2D eigenvalue weighted by Gasteiger charge is -2.28. The summed E-state index contributed by atoms with van der Waals surface area (Å²) in [5.41, 5.74) is 6.10. The van der Waals surface area contributed by atoms with Crippen molar-refractivity contribution in [2.24, 2.45) is 28.9 Å². The van der Waals surface area contributed by atoms with E-state index in [1.54, 1.807) is 0 Å². The van der Waals surface area contributed by atoms with Crippen LogP contribution in [0.25, 0.3) is 0 Å². The molecule has 0 spiro atoms. The number of hydrogen-bond donors (Lipinski definition) is 2. The van der Waals surface area contributed by atoms with E-state index < -0.39 is 0 Å². The molecule has 0 aromatic heterocycles. The summed E-state index contributed by atoms with van der Waals surface area (Å²) in [7, 11) is 0. The van der Waals surface area contributed by atoms with E-state index in [9.17, 15) is 4.79 Å². The Morgan fingerprint density at radius 3 is 2.33 bits per heavy atom. The lowest BCUT2D eigenvalue weighted by molar-refractivity contribution is -0.126. The van der Waals surface area contributed by atoms with Gasteiger partial charge in [-0.05, 0) is 62.3 Å². The molecule has 1 amide bonds. The van der Waals surface area contributed by atoms with Gasteiger partial charge in [0.1, 0.15) is 0 Å². The maximum absolute atomic E-state index is 12.1. The molecule has 0 unspecified atom stereocenters. The van der Waals surface area contributed by atoms with Crippen molar-refractivity contribution in [3.8, 4) is 0 Å². The SMILES string of the molecule is CC(C)C1(CNC(=O)C2CCC(CN)CC2)CC1. The van der Waals surface area contributed by atoms with Gasteiger partial charge in [-0.25, -0.2) is 0 Å². The third-order valence-corrected chi connectivity index (χ3v) is 5.28. The van der Waals surface area contributed by atoms with Gasteiger partial charge in [0.2, 0.25) is 5.91 Å². The van der Waals surface area contributed by atoms with Crippen LogP contribution in [0.1, 0.15) is 52.4 Å². The first-order chi connectivity index (χ1) is 8.57. The molecule has 2 fully saturated rings. The van der Waals surface area contributed by atoms with Crippen LogP contribution in [-0.2, 0) is 4.79 Å². The molecule has 3 heteroatoms. The third-order valence-electron chi connectivity index (χ3n) is 5.28. The van der Waals surface area contributed by atoms with Gasteiger partial charge in [-0.15, -0.1) is 0 Å².